The Morgan fingerprint density at radius 1 is 1.64 bits per heavy atom. The molecule has 0 aliphatic rings. The number of nitrogens with zero attached hydrogens (tertiary/aromatic N) is 1. The van der Waals surface area contributed by atoms with Gasteiger partial charge in [0.05, 0.1) is 9.40 Å². The lowest BCUT2D eigenvalue weighted by molar-refractivity contribution is -0.422. The van der Waals surface area contributed by atoms with E-state index in [1.165, 1.54) is 19.1 Å². The second kappa shape index (κ2) is 4.23. The van der Waals surface area contributed by atoms with Crippen LogP contribution in [0.25, 0.3) is 6.08 Å². The van der Waals surface area contributed by atoms with Gasteiger partial charge in [-0.15, -0.1) is 0 Å². The van der Waals surface area contributed by atoms with Gasteiger partial charge in [-0.1, -0.05) is 6.07 Å². The predicted octanol–water partition coefficient (Wildman–Crippen LogP) is 2.79. The lowest BCUT2D eigenvalue weighted by atomic mass is 10.2. The summed E-state index contributed by atoms with van der Waals surface area (Å²) in [6, 6.07) is 4.69. The smallest absolute Gasteiger partial charge is 0.243 e. The minimum Gasteiger partial charge on any atom is -0.507 e. The molecule has 0 amide bonds. The van der Waals surface area contributed by atoms with Crippen molar-refractivity contribution in [3.63, 3.8) is 0 Å². The highest BCUT2D eigenvalue weighted by Gasteiger charge is 2.03. The molecule has 74 valence electrons. The fourth-order valence-electron chi connectivity index (χ4n) is 0.907. The molecule has 0 bridgehead atoms. The summed E-state index contributed by atoms with van der Waals surface area (Å²) >= 11 is 3.12. The van der Waals surface area contributed by atoms with Crippen LogP contribution < -0.4 is 0 Å². The van der Waals surface area contributed by atoms with Crippen molar-refractivity contribution >= 4 is 22.0 Å². The van der Waals surface area contributed by atoms with Gasteiger partial charge in [0.15, 0.2) is 0 Å². The lowest BCUT2D eigenvalue weighted by Gasteiger charge is -1.98. The van der Waals surface area contributed by atoms with E-state index in [1.807, 2.05) is 0 Å². The maximum atomic E-state index is 10.3. The van der Waals surface area contributed by atoms with Crippen molar-refractivity contribution in [2.24, 2.45) is 0 Å². The van der Waals surface area contributed by atoms with Gasteiger partial charge in [0.1, 0.15) is 5.75 Å². The Morgan fingerprint density at radius 3 is 2.79 bits per heavy atom. The molecule has 0 atom stereocenters. The van der Waals surface area contributed by atoms with Gasteiger partial charge < -0.3 is 5.11 Å². The fourth-order valence-corrected chi connectivity index (χ4v) is 1.30. The van der Waals surface area contributed by atoms with Crippen LogP contribution in [0.1, 0.15) is 12.5 Å². The highest BCUT2D eigenvalue weighted by molar-refractivity contribution is 9.10. The van der Waals surface area contributed by atoms with E-state index in [4.69, 9.17) is 0 Å². The highest BCUT2D eigenvalue weighted by Crippen LogP contribution is 2.25. The molecule has 5 heteroatoms. The molecular formula is C9H8BrNO3. The number of rotatable bonds is 2. The van der Waals surface area contributed by atoms with E-state index in [-0.39, 0.29) is 11.4 Å². The topological polar surface area (TPSA) is 63.4 Å². The van der Waals surface area contributed by atoms with Gasteiger partial charge in [0.2, 0.25) is 5.70 Å². The highest BCUT2D eigenvalue weighted by atomic mass is 79.9. The van der Waals surface area contributed by atoms with Crippen LogP contribution in [-0.4, -0.2) is 10.0 Å². The molecule has 14 heavy (non-hydrogen) atoms. The number of phenols is 1. The third kappa shape index (κ3) is 2.56. The minimum atomic E-state index is -0.458. The maximum absolute atomic E-state index is 10.3. The first-order valence-electron chi connectivity index (χ1n) is 3.82. The van der Waals surface area contributed by atoms with E-state index >= 15 is 0 Å². The quantitative estimate of drug-likeness (QED) is 0.655. The molecule has 1 N–H and O–H groups in total. The number of hydrogen-bond acceptors (Lipinski definition) is 3. The van der Waals surface area contributed by atoms with Crippen LogP contribution in [-0.2, 0) is 0 Å². The standard InChI is InChI=1S/C9H8BrNO3/c1-6(11(13)14)4-7-2-3-9(12)8(10)5-7/h2-5,12H,1H3. The Bertz CT molecular complexity index is 401. The molecule has 1 aromatic carbocycles. The molecule has 0 saturated carbocycles. The average Bonchev–Trinajstić information content (AvgIpc) is 2.11. The van der Waals surface area contributed by atoms with E-state index in [2.05, 4.69) is 15.9 Å². The van der Waals surface area contributed by atoms with E-state index in [0.717, 1.165) is 0 Å². The zero-order valence-corrected chi connectivity index (χ0v) is 8.98. The summed E-state index contributed by atoms with van der Waals surface area (Å²) in [6.45, 7) is 1.42. The molecular weight excluding hydrogens is 250 g/mol. The molecule has 0 aliphatic heterocycles. The number of allylic oxidation sites excluding steroid dienone is 1. The van der Waals surface area contributed by atoms with Crippen molar-refractivity contribution in [2.45, 2.75) is 6.92 Å². The number of aromatic hydroxyl groups is 1. The largest absolute Gasteiger partial charge is 0.507 e. The Labute approximate surface area is 89.2 Å². The Balaban J connectivity index is 3.04. The zero-order valence-electron chi connectivity index (χ0n) is 7.40. The first-order valence-corrected chi connectivity index (χ1v) is 4.61. The fraction of sp³-hybridized carbons (Fsp3) is 0.111. The average molecular weight is 258 g/mol. The van der Waals surface area contributed by atoms with Gasteiger partial charge in [0, 0.05) is 13.0 Å². The van der Waals surface area contributed by atoms with E-state index in [1.54, 1.807) is 12.1 Å². The van der Waals surface area contributed by atoms with Crippen molar-refractivity contribution < 1.29 is 10.0 Å². The lowest BCUT2D eigenvalue weighted by Crippen LogP contribution is -1.92. The summed E-state index contributed by atoms with van der Waals surface area (Å²) < 4.78 is 0.516. The zero-order chi connectivity index (χ0) is 10.7. The van der Waals surface area contributed by atoms with Gasteiger partial charge in [-0.2, -0.15) is 0 Å². The summed E-state index contributed by atoms with van der Waals surface area (Å²) in [6.07, 6.45) is 1.43. The van der Waals surface area contributed by atoms with Gasteiger partial charge in [-0.25, -0.2) is 0 Å². The molecule has 4 nitrogen and oxygen atoms in total. The van der Waals surface area contributed by atoms with Crippen LogP contribution in [0.4, 0.5) is 0 Å². The van der Waals surface area contributed by atoms with Crippen LogP contribution in [0.3, 0.4) is 0 Å². The van der Waals surface area contributed by atoms with Crippen molar-refractivity contribution in [3.8, 4) is 5.75 Å². The van der Waals surface area contributed by atoms with E-state index < -0.39 is 4.92 Å². The Morgan fingerprint density at radius 2 is 2.29 bits per heavy atom. The van der Waals surface area contributed by atoms with E-state index in [0.29, 0.717) is 10.0 Å². The molecule has 0 aromatic heterocycles. The van der Waals surface area contributed by atoms with Crippen molar-refractivity contribution in [3.05, 3.63) is 44.0 Å². The van der Waals surface area contributed by atoms with Crippen molar-refractivity contribution in [2.75, 3.05) is 0 Å². The minimum absolute atomic E-state index is 0.0580. The van der Waals surface area contributed by atoms with Crippen molar-refractivity contribution in [1.29, 1.82) is 0 Å². The molecule has 1 rings (SSSR count). The predicted molar refractivity (Wildman–Crippen MR) is 56.5 cm³/mol. The third-order valence-electron chi connectivity index (χ3n) is 1.64. The second-order valence-corrected chi connectivity index (χ2v) is 3.61. The first kappa shape index (κ1) is 10.7. The molecule has 0 heterocycles. The van der Waals surface area contributed by atoms with Gasteiger partial charge in [-0.05, 0) is 33.6 Å². The number of nitro groups is 1. The SMILES string of the molecule is CC(=Cc1ccc(O)c(Br)c1)[N+](=O)[O-]. The van der Waals surface area contributed by atoms with E-state index in [9.17, 15) is 15.2 Å². The molecule has 0 radical (unpaired) electrons. The molecule has 0 unspecified atom stereocenters. The summed E-state index contributed by atoms with van der Waals surface area (Å²) in [4.78, 5) is 9.87. The van der Waals surface area contributed by atoms with Crippen molar-refractivity contribution in [1.82, 2.24) is 0 Å². The molecule has 0 saturated heterocycles. The second-order valence-electron chi connectivity index (χ2n) is 2.75. The van der Waals surface area contributed by atoms with Gasteiger partial charge in [0.25, 0.3) is 0 Å². The summed E-state index contributed by atoms with van der Waals surface area (Å²) in [5.41, 5.74) is 0.728. The number of hydrogen-bond donors (Lipinski definition) is 1. The van der Waals surface area contributed by atoms with Gasteiger partial charge >= 0.3 is 0 Å². The van der Waals surface area contributed by atoms with Crippen LogP contribution in [0, 0.1) is 10.1 Å². The first-order chi connectivity index (χ1) is 6.50. The molecule has 0 fully saturated rings. The number of halogens is 1. The normalized spacial score (nSPS) is 11.4. The summed E-state index contributed by atoms with van der Waals surface area (Å²) in [5.74, 6) is 0.112. The van der Waals surface area contributed by atoms with Crippen LogP contribution >= 0.6 is 15.9 Å². The van der Waals surface area contributed by atoms with Crippen LogP contribution in [0.15, 0.2) is 28.4 Å². The summed E-state index contributed by atoms with van der Waals surface area (Å²) in [5, 5.41) is 19.5. The molecule has 0 spiro atoms. The van der Waals surface area contributed by atoms with Gasteiger partial charge in [-0.3, -0.25) is 10.1 Å². The Hall–Kier alpha value is -1.36. The van der Waals surface area contributed by atoms with Crippen LogP contribution in [0.5, 0.6) is 5.75 Å². The number of phenolic OH excluding ortho intramolecular Hbond substituents is 1. The van der Waals surface area contributed by atoms with Crippen LogP contribution in [0.2, 0.25) is 0 Å². The molecule has 1 aromatic rings. The Kier molecular flexibility index (Phi) is 3.24. The molecule has 0 aliphatic carbocycles. The number of benzene rings is 1. The maximum Gasteiger partial charge on any atom is 0.243 e. The monoisotopic (exact) mass is 257 g/mol. The third-order valence-corrected chi connectivity index (χ3v) is 2.27. The summed E-state index contributed by atoms with van der Waals surface area (Å²) in [7, 11) is 0.